The van der Waals surface area contributed by atoms with Crippen LogP contribution in [0.2, 0.25) is 0 Å². The molecule has 2 aromatic carbocycles. The summed E-state index contributed by atoms with van der Waals surface area (Å²) in [6, 6.07) is 17.5. The zero-order chi connectivity index (χ0) is 24.5. The van der Waals surface area contributed by atoms with Crippen LogP contribution >= 0.6 is 0 Å². The van der Waals surface area contributed by atoms with Gasteiger partial charge in [0, 0.05) is 38.6 Å². The highest BCUT2D eigenvalue weighted by Gasteiger charge is 2.37. The van der Waals surface area contributed by atoms with Gasteiger partial charge in [0.25, 0.3) is 0 Å². The van der Waals surface area contributed by atoms with Crippen LogP contribution in [-0.4, -0.2) is 68.2 Å². The summed E-state index contributed by atoms with van der Waals surface area (Å²) in [5, 5.41) is 0. The van der Waals surface area contributed by atoms with Gasteiger partial charge in [-0.15, -0.1) is 0 Å². The molecule has 0 aromatic heterocycles. The summed E-state index contributed by atoms with van der Waals surface area (Å²) >= 11 is 0. The quantitative estimate of drug-likeness (QED) is 0.662. The Morgan fingerprint density at radius 2 is 1.50 bits per heavy atom. The molecule has 2 aromatic rings. The Hall–Kier alpha value is -2.22. The highest BCUT2D eigenvalue weighted by Crippen LogP contribution is 2.31. The van der Waals surface area contributed by atoms with Gasteiger partial charge in [0.1, 0.15) is 0 Å². The Morgan fingerprint density at radius 1 is 0.882 bits per heavy atom. The molecule has 4 rings (SSSR count). The Balaban J connectivity index is 1.43. The monoisotopic (exact) mass is 483 g/mol. The second-order valence-electron chi connectivity index (χ2n) is 10.7. The third-order valence-corrected chi connectivity index (χ3v) is 9.13. The lowest BCUT2D eigenvalue weighted by Gasteiger charge is -2.43. The molecule has 1 unspecified atom stereocenters. The number of sulfonamides is 1. The largest absolute Gasteiger partial charge is 0.333 e. The molecule has 0 bridgehead atoms. The van der Waals surface area contributed by atoms with Crippen LogP contribution < -0.4 is 0 Å². The molecular weight excluding hydrogens is 446 g/mol. The normalized spacial score (nSPS) is 21.5. The Morgan fingerprint density at radius 3 is 2.09 bits per heavy atom. The van der Waals surface area contributed by atoms with Gasteiger partial charge in [-0.2, -0.15) is 4.31 Å². The molecule has 2 aliphatic heterocycles. The molecule has 0 radical (unpaired) electrons. The van der Waals surface area contributed by atoms with E-state index in [2.05, 4.69) is 44.9 Å². The summed E-state index contributed by atoms with van der Waals surface area (Å²) in [5.41, 5.74) is 2.24. The minimum absolute atomic E-state index is 0.0259. The molecule has 2 heterocycles. The molecule has 0 N–H and O–H groups in total. The van der Waals surface area contributed by atoms with Crippen molar-refractivity contribution >= 4 is 15.9 Å². The average molecular weight is 484 g/mol. The Labute approximate surface area is 204 Å². The molecule has 2 aliphatic rings. The van der Waals surface area contributed by atoms with Gasteiger partial charge >= 0.3 is 0 Å². The Bertz CT molecular complexity index is 1090. The lowest BCUT2D eigenvalue weighted by atomic mass is 9.87. The topological polar surface area (TPSA) is 60.9 Å². The smallest absolute Gasteiger partial charge is 0.243 e. The molecule has 0 spiro atoms. The highest BCUT2D eigenvalue weighted by molar-refractivity contribution is 7.89. The number of hydrogen-bond donors (Lipinski definition) is 0. The van der Waals surface area contributed by atoms with Gasteiger partial charge in [-0.1, -0.05) is 63.2 Å². The predicted octanol–water partition coefficient (Wildman–Crippen LogP) is 3.90. The molecule has 1 atom stereocenters. The number of benzene rings is 2. The van der Waals surface area contributed by atoms with Crippen LogP contribution in [0, 0.1) is 5.92 Å². The van der Waals surface area contributed by atoms with E-state index in [0.717, 1.165) is 24.2 Å². The van der Waals surface area contributed by atoms with E-state index in [-0.39, 0.29) is 23.3 Å². The molecule has 2 saturated heterocycles. The predicted molar refractivity (Wildman–Crippen MR) is 135 cm³/mol. The van der Waals surface area contributed by atoms with E-state index in [9.17, 15) is 13.2 Å². The molecular formula is C27H37N3O3S. The molecule has 0 aliphatic carbocycles. The van der Waals surface area contributed by atoms with Gasteiger partial charge < -0.3 is 9.80 Å². The molecule has 2 fully saturated rings. The lowest BCUT2D eigenvalue weighted by molar-refractivity contribution is -0.141. The summed E-state index contributed by atoms with van der Waals surface area (Å²) < 4.78 is 28.0. The van der Waals surface area contributed by atoms with E-state index < -0.39 is 10.0 Å². The fraction of sp³-hybridized carbons (Fsp3) is 0.519. The first-order valence-electron chi connectivity index (χ1n) is 12.2. The van der Waals surface area contributed by atoms with Crippen LogP contribution in [0.5, 0.6) is 0 Å². The van der Waals surface area contributed by atoms with Crippen LogP contribution in [0.3, 0.4) is 0 Å². The van der Waals surface area contributed by atoms with Crippen LogP contribution in [0.25, 0.3) is 0 Å². The zero-order valence-corrected chi connectivity index (χ0v) is 21.6. The van der Waals surface area contributed by atoms with Crippen molar-refractivity contribution in [3.8, 4) is 0 Å². The van der Waals surface area contributed by atoms with Gasteiger partial charge in [0.15, 0.2) is 0 Å². The number of amides is 1. The van der Waals surface area contributed by atoms with E-state index in [1.165, 1.54) is 0 Å². The van der Waals surface area contributed by atoms with Gasteiger partial charge in [-0.25, -0.2) is 8.42 Å². The maximum absolute atomic E-state index is 13.5. The second-order valence-corrected chi connectivity index (χ2v) is 12.6. The van der Waals surface area contributed by atoms with E-state index in [0.29, 0.717) is 37.4 Å². The number of piperazine rings is 1. The number of rotatable bonds is 4. The third kappa shape index (κ3) is 5.21. The van der Waals surface area contributed by atoms with E-state index in [1.54, 1.807) is 16.4 Å². The van der Waals surface area contributed by atoms with Crippen LogP contribution in [-0.2, 0) is 20.2 Å². The number of hydrogen-bond acceptors (Lipinski definition) is 4. The van der Waals surface area contributed by atoms with Crippen molar-refractivity contribution in [1.82, 2.24) is 14.1 Å². The van der Waals surface area contributed by atoms with E-state index in [4.69, 9.17) is 0 Å². The van der Waals surface area contributed by atoms with Gasteiger partial charge in [-0.3, -0.25) is 4.79 Å². The maximum atomic E-state index is 13.5. The number of likely N-dealkylation sites (N-methyl/N-ethyl adjacent to an activating group) is 1. The molecule has 1 amide bonds. The number of nitrogens with zero attached hydrogens (tertiary/aromatic N) is 3. The van der Waals surface area contributed by atoms with Crippen LogP contribution in [0.1, 0.15) is 50.8 Å². The fourth-order valence-corrected chi connectivity index (χ4v) is 6.47. The van der Waals surface area contributed by atoms with Gasteiger partial charge in [0.2, 0.25) is 15.9 Å². The van der Waals surface area contributed by atoms with Gasteiger partial charge in [-0.05, 0) is 48.6 Å². The summed E-state index contributed by atoms with van der Waals surface area (Å²) in [4.78, 5) is 18.2. The molecule has 0 saturated carbocycles. The van der Waals surface area contributed by atoms with E-state index in [1.807, 2.05) is 35.2 Å². The SMILES string of the molecule is CN1CCN(C(=O)C2CCN(S(=O)(=O)c3ccc(C(C)(C)C)cc3)CC2)C(c2ccccc2)C1. The van der Waals surface area contributed by atoms with Gasteiger partial charge in [0.05, 0.1) is 10.9 Å². The van der Waals surface area contributed by atoms with Crippen molar-refractivity contribution in [3.63, 3.8) is 0 Å². The van der Waals surface area contributed by atoms with Crippen molar-refractivity contribution in [3.05, 3.63) is 65.7 Å². The van der Waals surface area contributed by atoms with Crippen LogP contribution in [0.4, 0.5) is 0 Å². The number of carbonyl (C=O) groups excluding carboxylic acids is 1. The molecule has 184 valence electrons. The lowest BCUT2D eigenvalue weighted by Crippen LogP contribution is -2.52. The molecule has 7 heteroatoms. The first-order chi connectivity index (χ1) is 16.1. The standard InChI is InChI=1S/C27H37N3O3S/c1-27(2,3)23-10-12-24(13-11-23)34(32,33)29-16-14-22(15-17-29)26(31)30-19-18-28(4)20-25(30)21-8-6-5-7-9-21/h5-13,22,25H,14-20H2,1-4H3. The first-order valence-corrected chi connectivity index (χ1v) is 13.7. The summed E-state index contributed by atoms with van der Waals surface area (Å²) in [6.45, 7) is 9.46. The van der Waals surface area contributed by atoms with Crippen molar-refractivity contribution < 1.29 is 13.2 Å². The summed E-state index contributed by atoms with van der Waals surface area (Å²) in [7, 11) is -1.47. The molecule has 6 nitrogen and oxygen atoms in total. The summed E-state index contributed by atoms with van der Waals surface area (Å²) in [5.74, 6) is 0.0258. The number of piperidine rings is 1. The average Bonchev–Trinajstić information content (AvgIpc) is 2.84. The van der Waals surface area contributed by atoms with Crippen molar-refractivity contribution in [2.45, 2.75) is 50.0 Å². The highest BCUT2D eigenvalue weighted by atomic mass is 32.2. The zero-order valence-electron chi connectivity index (χ0n) is 20.8. The third-order valence-electron chi connectivity index (χ3n) is 7.21. The maximum Gasteiger partial charge on any atom is 0.243 e. The van der Waals surface area contributed by atoms with Crippen molar-refractivity contribution in [2.24, 2.45) is 5.92 Å². The van der Waals surface area contributed by atoms with Crippen molar-refractivity contribution in [1.29, 1.82) is 0 Å². The minimum Gasteiger partial charge on any atom is -0.333 e. The second kappa shape index (κ2) is 9.80. The fourth-order valence-electron chi connectivity index (χ4n) is 5.00. The minimum atomic E-state index is -3.56. The number of carbonyl (C=O) groups is 1. The first kappa shape index (κ1) is 24.9. The molecule has 34 heavy (non-hydrogen) atoms. The van der Waals surface area contributed by atoms with Crippen molar-refractivity contribution in [2.75, 3.05) is 39.8 Å². The summed E-state index contributed by atoms with van der Waals surface area (Å²) in [6.07, 6.45) is 1.12. The Kier molecular flexibility index (Phi) is 7.17. The van der Waals surface area contributed by atoms with E-state index >= 15 is 0 Å². The van der Waals surface area contributed by atoms with Crippen LogP contribution in [0.15, 0.2) is 59.5 Å².